The first-order valence-corrected chi connectivity index (χ1v) is 9.46. The van der Waals surface area contributed by atoms with Crippen molar-refractivity contribution in [3.63, 3.8) is 0 Å². The van der Waals surface area contributed by atoms with Crippen molar-refractivity contribution in [2.45, 2.75) is 50.0 Å². The average molecular weight is 406 g/mol. The molecule has 0 unspecified atom stereocenters. The van der Waals surface area contributed by atoms with Crippen LogP contribution in [0.15, 0.2) is 42.5 Å². The first kappa shape index (κ1) is 21.4. The van der Waals surface area contributed by atoms with E-state index in [1.807, 2.05) is 12.1 Å². The minimum absolute atomic E-state index is 0.0257. The first-order chi connectivity index (χ1) is 13.9. The Bertz CT molecular complexity index is 792. The standard InChI is InChI=1S/C21H26O8/c22-11-17-18(25)19(26)20(27)21(29-17)28-16-6-2-5-15(24)14(16)4-1-3-12-7-9-13(23)10-8-12/h2,5-10,17-27H,1,3-4,11H2/t17-,18+,19+,20+,21-/m0/s1. The zero-order valence-corrected chi connectivity index (χ0v) is 15.8. The molecule has 1 saturated heterocycles. The fourth-order valence-corrected chi connectivity index (χ4v) is 3.34. The molecule has 0 amide bonds. The van der Waals surface area contributed by atoms with E-state index in [-0.39, 0.29) is 17.2 Å². The smallest absolute Gasteiger partial charge is 0.229 e. The van der Waals surface area contributed by atoms with Crippen molar-refractivity contribution in [3.05, 3.63) is 53.6 Å². The van der Waals surface area contributed by atoms with Crippen LogP contribution < -0.4 is 4.74 Å². The Morgan fingerprint density at radius 1 is 0.862 bits per heavy atom. The van der Waals surface area contributed by atoms with Gasteiger partial charge in [-0.25, -0.2) is 0 Å². The lowest BCUT2D eigenvalue weighted by atomic mass is 9.99. The fraction of sp³-hybridized carbons (Fsp3) is 0.429. The molecule has 1 aliphatic heterocycles. The molecule has 8 heteroatoms. The summed E-state index contributed by atoms with van der Waals surface area (Å²) in [4.78, 5) is 0. The molecule has 2 aromatic rings. The molecular weight excluding hydrogens is 380 g/mol. The number of aryl methyl sites for hydroxylation is 1. The number of phenols is 2. The highest BCUT2D eigenvalue weighted by atomic mass is 16.7. The number of rotatable bonds is 7. The van der Waals surface area contributed by atoms with Crippen LogP contribution in [0.2, 0.25) is 0 Å². The molecule has 2 aromatic carbocycles. The monoisotopic (exact) mass is 406 g/mol. The Morgan fingerprint density at radius 2 is 1.59 bits per heavy atom. The lowest BCUT2D eigenvalue weighted by Crippen LogP contribution is -2.60. The third-order valence-corrected chi connectivity index (χ3v) is 5.03. The van der Waals surface area contributed by atoms with Gasteiger partial charge in [-0.2, -0.15) is 0 Å². The average Bonchev–Trinajstić information content (AvgIpc) is 2.71. The third-order valence-electron chi connectivity index (χ3n) is 5.03. The maximum absolute atomic E-state index is 10.3. The molecule has 5 atom stereocenters. The van der Waals surface area contributed by atoms with Gasteiger partial charge >= 0.3 is 0 Å². The molecule has 8 nitrogen and oxygen atoms in total. The van der Waals surface area contributed by atoms with Gasteiger partial charge in [-0.1, -0.05) is 18.2 Å². The quantitative estimate of drug-likeness (QED) is 0.390. The van der Waals surface area contributed by atoms with E-state index >= 15 is 0 Å². The van der Waals surface area contributed by atoms with Crippen molar-refractivity contribution in [1.82, 2.24) is 0 Å². The van der Waals surface area contributed by atoms with Gasteiger partial charge in [0.15, 0.2) is 0 Å². The van der Waals surface area contributed by atoms with Crippen molar-refractivity contribution in [3.8, 4) is 17.2 Å². The lowest BCUT2D eigenvalue weighted by Gasteiger charge is -2.39. The highest BCUT2D eigenvalue weighted by Crippen LogP contribution is 2.32. The van der Waals surface area contributed by atoms with Gasteiger partial charge in [-0.15, -0.1) is 0 Å². The van der Waals surface area contributed by atoms with E-state index in [9.17, 15) is 30.6 Å². The number of hydrogen-bond donors (Lipinski definition) is 6. The molecule has 1 fully saturated rings. The summed E-state index contributed by atoms with van der Waals surface area (Å²) in [5.74, 6) is 0.502. The second kappa shape index (κ2) is 9.43. The summed E-state index contributed by atoms with van der Waals surface area (Å²) in [6.07, 6.45) is -5.05. The molecule has 0 aliphatic carbocycles. The van der Waals surface area contributed by atoms with Gasteiger partial charge in [0.2, 0.25) is 6.29 Å². The van der Waals surface area contributed by atoms with Crippen molar-refractivity contribution >= 4 is 0 Å². The highest BCUT2D eigenvalue weighted by Gasteiger charge is 2.44. The Balaban J connectivity index is 1.69. The number of ether oxygens (including phenoxy) is 2. The maximum atomic E-state index is 10.3. The summed E-state index contributed by atoms with van der Waals surface area (Å²) in [5.41, 5.74) is 1.55. The molecule has 3 rings (SSSR count). The summed E-state index contributed by atoms with van der Waals surface area (Å²) in [7, 11) is 0. The zero-order chi connectivity index (χ0) is 21.0. The number of aliphatic hydroxyl groups excluding tert-OH is 4. The summed E-state index contributed by atoms with van der Waals surface area (Å²) < 4.78 is 11.1. The second-order valence-electron chi connectivity index (χ2n) is 7.09. The normalized spacial score (nSPS) is 27.0. The van der Waals surface area contributed by atoms with Crippen molar-refractivity contribution in [1.29, 1.82) is 0 Å². The van der Waals surface area contributed by atoms with E-state index in [2.05, 4.69) is 0 Å². The molecular formula is C21H26O8. The predicted molar refractivity (Wildman–Crippen MR) is 103 cm³/mol. The third kappa shape index (κ3) is 4.98. The first-order valence-electron chi connectivity index (χ1n) is 9.46. The molecule has 29 heavy (non-hydrogen) atoms. The largest absolute Gasteiger partial charge is 0.508 e. The second-order valence-corrected chi connectivity index (χ2v) is 7.09. The van der Waals surface area contributed by atoms with Gasteiger partial charge in [0.1, 0.15) is 41.7 Å². The number of hydrogen-bond acceptors (Lipinski definition) is 8. The highest BCUT2D eigenvalue weighted by molar-refractivity contribution is 5.44. The van der Waals surface area contributed by atoms with Crippen molar-refractivity contribution in [2.75, 3.05) is 6.61 Å². The zero-order valence-electron chi connectivity index (χ0n) is 15.8. The van der Waals surface area contributed by atoms with Crippen LogP contribution in [0, 0.1) is 0 Å². The van der Waals surface area contributed by atoms with Gasteiger partial charge in [0.25, 0.3) is 0 Å². The lowest BCUT2D eigenvalue weighted by molar-refractivity contribution is -0.277. The van der Waals surface area contributed by atoms with Crippen molar-refractivity contribution in [2.24, 2.45) is 0 Å². The minimum atomic E-state index is -1.54. The fourth-order valence-electron chi connectivity index (χ4n) is 3.34. The van der Waals surface area contributed by atoms with Gasteiger partial charge in [0, 0.05) is 5.56 Å². The van der Waals surface area contributed by atoms with E-state index in [1.54, 1.807) is 24.3 Å². The van der Waals surface area contributed by atoms with Crippen LogP contribution in [0.3, 0.4) is 0 Å². The SMILES string of the molecule is OC[C@@H]1O[C@H](Oc2cccc(O)c2CCCc2ccc(O)cc2)[C@H](O)[C@H](O)[C@@H]1O. The number of phenolic OH excluding ortho intramolecular Hbond substituents is 2. The molecule has 6 N–H and O–H groups in total. The molecule has 0 saturated carbocycles. The maximum Gasteiger partial charge on any atom is 0.229 e. The molecule has 1 heterocycles. The van der Waals surface area contributed by atoms with E-state index in [4.69, 9.17) is 9.47 Å². The molecule has 0 radical (unpaired) electrons. The Labute approximate surface area is 168 Å². The van der Waals surface area contributed by atoms with Crippen LogP contribution in [0.4, 0.5) is 0 Å². The molecule has 158 valence electrons. The Kier molecular flexibility index (Phi) is 6.94. The summed E-state index contributed by atoms with van der Waals surface area (Å²) in [5, 5.41) is 58.9. The van der Waals surface area contributed by atoms with Gasteiger partial charge in [0.05, 0.1) is 6.61 Å². The Morgan fingerprint density at radius 3 is 2.28 bits per heavy atom. The van der Waals surface area contributed by atoms with E-state index in [0.29, 0.717) is 24.8 Å². The van der Waals surface area contributed by atoms with Crippen LogP contribution in [0.1, 0.15) is 17.5 Å². The van der Waals surface area contributed by atoms with Crippen LogP contribution in [0.25, 0.3) is 0 Å². The van der Waals surface area contributed by atoms with Gasteiger partial charge < -0.3 is 40.1 Å². The van der Waals surface area contributed by atoms with E-state index in [1.165, 1.54) is 6.07 Å². The van der Waals surface area contributed by atoms with Crippen LogP contribution in [-0.2, 0) is 17.6 Å². The summed E-state index contributed by atoms with van der Waals surface area (Å²) in [6, 6.07) is 11.6. The molecule has 0 aromatic heterocycles. The Hall–Kier alpha value is -2.36. The number of aromatic hydroxyl groups is 2. The van der Waals surface area contributed by atoms with E-state index < -0.39 is 37.3 Å². The molecule has 0 spiro atoms. The topological polar surface area (TPSA) is 140 Å². The number of benzene rings is 2. The minimum Gasteiger partial charge on any atom is -0.508 e. The van der Waals surface area contributed by atoms with E-state index in [0.717, 1.165) is 5.56 Å². The summed E-state index contributed by atoms with van der Waals surface area (Å²) >= 11 is 0. The van der Waals surface area contributed by atoms with Crippen LogP contribution in [-0.4, -0.2) is 68.0 Å². The van der Waals surface area contributed by atoms with Crippen molar-refractivity contribution < 1.29 is 40.1 Å². The van der Waals surface area contributed by atoms with Gasteiger partial charge in [-0.3, -0.25) is 0 Å². The predicted octanol–water partition coefficient (Wildman–Crippen LogP) is 0.452. The van der Waals surface area contributed by atoms with Crippen LogP contribution in [0.5, 0.6) is 17.2 Å². The molecule has 1 aliphatic rings. The number of aliphatic hydroxyl groups is 4. The van der Waals surface area contributed by atoms with Gasteiger partial charge in [-0.05, 0) is 49.1 Å². The molecule has 0 bridgehead atoms. The summed E-state index contributed by atoms with van der Waals surface area (Å²) in [6.45, 7) is -0.551. The van der Waals surface area contributed by atoms with Crippen LogP contribution >= 0.6 is 0 Å².